The van der Waals surface area contributed by atoms with Crippen LogP contribution in [-0.2, 0) is 9.47 Å². The van der Waals surface area contributed by atoms with Crippen LogP contribution in [0, 0.1) is 0 Å². The number of alkyl halides is 4. The minimum Gasteiger partial charge on any atom is -0.350 e. The maximum Gasteiger partial charge on any atom is 0.208 e. The molecule has 2 aliphatic rings. The van der Waals surface area contributed by atoms with Gasteiger partial charge in [-0.3, -0.25) is 0 Å². The molecule has 0 amide bonds. The molecule has 6 heteroatoms. The van der Waals surface area contributed by atoms with Crippen molar-refractivity contribution in [2.45, 2.75) is 24.1 Å². The zero-order valence-corrected chi connectivity index (χ0v) is 14.5. The quantitative estimate of drug-likeness (QED) is 0.351. The zero-order valence-electron chi connectivity index (χ0n) is 8.14. The molecule has 1 saturated carbocycles. The minimum atomic E-state index is -0.748. The van der Waals surface area contributed by atoms with E-state index in [2.05, 4.69) is 75.9 Å². The predicted molar refractivity (Wildman–Crippen MR) is 74.6 cm³/mol. The summed E-state index contributed by atoms with van der Waals surface area (Å²) in [5.74, 6) is -0.748. The number of methoxy groups -OCH3 is 2. The molecule has 0 aromatic heterocycles. The highest BCUT2D eigenvalue weighted by Crippen LogP contribution is 2.67. The van der Waals surface area contributed by atoms with Crippen molar-refractivity contribution in [1.82, 2.24) is 0 Å². The Hall–Kier alpha value is 1.58. The third-order valence-corrected chi connectivity index (χ3v) is 10.2. The van der Waals surface area contributed by atoms with E-state index in [1.54, 1.807) is 14.2 Å². The van der Waals surface area contributed by atoms with Gasteiger partial charge in [0.1, 0.15) is 8.65 Å². The molecule has 4 unspecified atom stereocenters. The normalized spacial score (nSPS) is 51.3. The summed E-state index contributed by atoms with van der Waals surface area (Å²) in [7, 11) is 3.32. The second-order valence-electron chi connectivity index (χ2n) is 3.70. The van der Waals surface area contributed by atoms with Crippen molar-refractivity contribution in [2.75, 3.05) is 14.2 Å². The molecule has 0 aromatic rings. The highest BCUT2D eigenvalue weighted by atomic mass is 79.9. The van der Waals surface area contributed by atoms with Gasteiger partial charge in [-0.1, -0.05) is 75.9 Å². The molecular formula is C9H10Br4O2. The topological polar surface area (TPSA) is 18.5 Å². The Balaban J connectivity index is 2.61. The molecule has 0 radical (unpaired) electrons. The first-order chi connectivity index (χ1) is 6.89. The van der Waals surface area contributed by atoms with Gasteiger partial charge in [0.15, 0.2) is 0 Å². The molecule has 2 bridgehead atoms. The van der Waals surface area contributed by atoms with E-state index in [-0.39, 0.29) is 18.3 Å². The van der Waals surface area contributed by atoms with Crippen molar-refractivity contribution < 1.29 is 9.47 Å². The Morgan fingerprint density at radius 1 is 0.933 bits per heavy atom. The molecule has 0 N–H and O–H groups in total. The number of fused-ring (bicyclic) bond motifs is 2. The summed E-state index contributed by atoms with van der Waals surface area (Å²) >= 11 is 14.8. The Kier molecular flexibility index (Phi) is 3.29. The van der Waals surface area contributed by atoms with Gasteiger partial charge in [-0.05, 0) is 0 Å². The fraction of sp³-hybridized carbons (Fsp3) is 0.778. The summed E-state index contributed by atoms with van der Waals surface area (Å²) in [6.07, 6.45) is 4.15. The van der Waals surface area contributed by atoms with Gasteiger partial charge < -0.3 is 9.47 Å². The summed E-state index contributed by atoms with van der Waals surface area (Å²) in [5.41, 5.74) is 0. The molecular weight excluding hydrogens is 460 g/mol. The van der Waals surface area contributed by atoms with Crippen LogP contribution in [0.2, 0.25) is 0 Å². The summed E-state index contributed by atoms with van der Waals surface area (Å²) in [6.45, 7) is 0. The van der Waals surface area contributed by atoms with E-state index in [9.17, 15) is 0 Å². The van der Waals surface area contributed by atoms with E-state index < -0.39 is 5.79 Å². The third kappa shape index (κ3) is 1.22. The highest BCUT2D eigenvalue weighted by molar-refractivity contribution is 9.15. The predicted octanol–water partition coefficient (Wildman–Crippen LogP) is 3.35. The van der Waals surface area contributed by atoms with Crippen molar-refractivity contribution in [3.8, 4) is 0 Å². The number of ether oxygens (including phenoxy) is 2. The zero-order chi connectivity index (χ0) is 11.5. The summed E-state index contributed by atoms with van der Waals surface area (Å²) in [4.78, 5) is 0.351. The SMILES string of the molecule is COC1(OC)C2(Br)C=CC1(Br)C(Br)C2Br. The molecule has 86 valence electrons. The molecule has 4 atom stereocenters. The molecule has 2 aliphatic carbocycles. The van der Waals surface area contributed by atoms with Gasteiger partial charge in [-0.15, -0.1) is 0 Å². The number of rotatable bonds is 2. The van der Waals surface area contributed by atoms with Crippen molar-refractivity contribution in [3.63, 3.8) is 0 Å². The lowest BCUT2D eigenvalue weighted by Crippen LogP contribution is -2.56. The fourth-order valence-corrected chi connectivity index (χ4v) is 7.25. The number of hydrogen-bond donors (Lipinski definition) is 0. The van der Waals surface area contributed by atoms with Crippen LogP contribution in [0.25, 0.3) is 0 Å². The van der Waals surface area contributed by atoms with Gasteiger partial charge in [0.2, 0.25) is 5.79 Å². The van der Waals surface area contributed by atoms with Crippen molar-refractivity contribution >= 4 is 63.7 Å². The molecule has 0 saturated heterocycles. The lowest BCUT2D eigenvalue weighted by Gasteiger charge is -2.40. The first kappa shape index (κ1) is 13.0. The Labute approximate surface area is 123 Å². The van der Waals surface area contributed by atoms with Crippen LogP contribution in [0.4, 0.5) is 0 Å². The van der Waals surface area contributed by atoms with E-state index in [4.69, 9.17) is 9.47 Å². The van der Waals surface area contributed by atoms with Crippen molar-refractivity contribution in [3.05, 3.63) is 12.2 Å². The molecule has 1 fully saturated rings. The molecule has 0 heterocycles. The minimum absolute atomic E-state index is 0.175. The smallest absolute Gasteiger partial charge is 0.208 e. The Morgan fingerprint density at radius 2 is 1.27 bits per heavy atom. The van der Waals surface area contributed by atoms with Gasteiger partial charge >= 0.3 is 0 Å². The van der Waals surface area contributed by atoms with Crippen LogP contribution in [0.15, 0.2) is 12.2 Å². The van der Waals surface area contributed by atoms with Gasteiger partial charge in [0, 0.05) is 14.2 Å². The van der Waals surface area contributed by atoms with Gasteiger partial charge in [-0.2, -0.15) is 0 Å². The van der Waals surface area contributed by atoms with Crippen molar-refractivity contribution in [2.24, 2.45) is 0 Å². The number of halogens is 4. The van der Waals surface area contributed by atoms with Crippen LogP contribution in [0.5, 0.6) is 0 Å². The Morgan fingerprint density at radius 3 is 1.47 bits per heavy atom. The van der Waals surface area contributed by atoms with Crippen LogP contribution in [0.3, 0.4) is 0 Å². The lowest BCUT2D eigenvalue weighted by molar-refractivity contribution is -0.209. The average molecular weight is 470 g/mol. The van der Waals surface area contributed by atoms with Gasteiger partial charge in [0.25, 0.3) is 0 Å². The van der Waals surface area contributed by atoms with E-state index in [0.717, 1.165) is 0 Å². The number of hydrogen-bond acceptors (Lipinski definition) is 2. The van der Waals surface area contributed by atoms with Crippen LogP contribution in [-0.4, -0.2) is 38.3 Å². The molecule has 2 rings (SSSR count). The summed E-state index contributed by atoms with van der Waals surface area (Å²) < 4.78 is 10.5. The standard InChI is InChI=1S/C9H10Br4O2/c1-14-9(15-2)7(12)3-4-8(9,13)6(11)5(7)10/h3-6H,1-2H3. The van der Waals surface area contributed by atoms with E-state index in [1.165, 1.54) is 0 Å². The van der Waals surface area contributed by atoms with Crippen molar-refractivity contribution in [1.29, 1.82) is 0 Å². The Bertz CT molecular complexity index is 291. The average Bonchev–Trinajstić information content (AvgIpc) is 2.53. The third-order valence-electron chi connectivity index (χ3n) is 3.21. The first-order valence-corrected chi connectivity index (χ1v) is 7.78. The highest BCUT2D eigenvalue weighted by Gasteiger charge is 2.77. The largest absolute Gasteiger partial charge is 0.350 e. The molecule has 0 aromatic carbocycles. The van der Waals surface area contributed by atoms with E-state index in [1.807, 2.05) is 0 Å². The van der Waals surface area contributed by atoms with Gasteiger partial charge in [0.05, 0.1) is 9.65 Å². The fourth-order valence-electron chi connectivity index (χ4n) is 2.44. The van der Waals surface area contributed by atoms with Crippen LogP contribution in [0.1, 0.15) is 0 Å². The van der Waals surface area contributed by atoms with Gasteiger partial charge in [-0.25, -0.2) is 0 Å². The van der Waals surface area contributed by atoms with Crippen LogP contribution < -0.4 is 0 Å². The van der Waals surface area contributed by atoms with Crippen LogP contribution >= 0.6 is 63.7 Å². The summed E-state index contributed by atoms with van der Waals surface area (Å²) in [6, 6.07) is 0. The second-order valence-corrected chi connectivity index (χ2v) is 8.30. The maximum absolute atomic E-state index is 5.64. The maximum atomic E-state index is 5.64. The summed E-state index contributed by atoms with van der Waals surface area (Å²) in [5, 5.41) is 0. The molecule has 2 nitrogen and oxygen atoms in total. The molecule has 15 heavy (non-hydrogen) atoms. The second kappa shape index (κ2) is 3.79. The van der Waals surface area contributed by atoms with E-state index >= 15 is 0 Å². The monoisotopic (exact) mass is 466 g/mol. The van der Waals surface area contributed by atoms with E-state index in [0.29, 0.717) is 0 Å². The lowest BCUT2D eigenvalue weighted by atomic mass is 10.0. The molecule has 0 aliphatic heterocycles. The molecule has 0 spiro atoms. The first-order valence-electron chi connectivity index (χ1n) is 4.36.